The van der Waals surface area contributed by atoms with Crippen molar-refractivity contribution < 1.29 is 4.79 Å². The van der Waals surface area contributed by atoms with Crippen molar-refractivity contribution in [1.82, 2.24) is 0 Å². The molecule has 0 aromatic rings. The molecular formula is C12H22O. The van der Waals surface area contributed by atoms with E-state index in [4.69, 9.17) is 0 Å². The maximum Gasteiger partial charge on any atom is 0.133 e. The van der Waals surface area contributed by atoms with Gasteiger partial charge in [-0.05, 0) is 19.3 Å². The van der Waals surface area contributed by atoms with Gasteiger partial charge in [0.25, 0.3) is 0 Å². The number of carbonyl (C=O) groups is 1. The van der Waals surface area contributed by atoms with Crippen LogP contribution in [0.1, 0.15) is 58.8 Å². The third kappa shape index (κ3) is 9.32. The van der Waals surface area contributed by atoms with Gasteiger partial charge in [0.05, 0.1) is 0 Å². The van der Waals surface area contributed by atoms with Crippen LogP contribution >= 0.6 is 0 Å². The normalized spacial score (nSPS) is 10.9. The summed E-state index contributed by atoms with van der Waals surface area (Å²) in [5.41, 5.74) is 0. The fourth-order valence-electron chi connectivity index (χ4n) is 1.15. The molecule has 0 amide bonds. The molecular weight excluding hydrogens is 160 g/mol. The Bertz CT molecular complexity index is 147. The van der Waals surface area contributed by atoms with Gasteiger partial charge in [-0.1, -0.05) is 38.8 Å². The summed E-state index contributed by atoms with van der Waals surface area (Å²) < 4.78 is 0. The SMILES string of the molecule is CCCC=CCCC(=O)CCCC. The first-order chi connectivity index (χ1) is 6.31. The van der Waals surface area contributed by atoms with Crippen molar-refractivity contribution in [2.45, 2.75) is 58.8 Å². The lowest BCUT2D eigenvalue weighted by atomic mass is 10.1. The molecule has 0 radical (unpaired) electrons. The minimum absolute atomic E-state index is 0.419. The van der Waals surface area contributed by atoms with Gasteiger partial charge in [-0.25, -0.2) is 0 Å². The first-order valence-electron chi connectivity index (χ1n) is 5.48. The third-order valence-corrected chi connectivity index (χ3v) is 2.02. The van der Waals surface area contributed by atoms with Gasteiger partial charge in [0.15, 0.2) is 0 Å². The van der Waals surface area contributed by atoms with E-state index in [2.05, 4.69) is 26.0 Å². The second-order valence-electron chi connectivity index (χ2n) is 3.44. The number of unbranched alkanes of at least 4 members (excludes halogenated alkanes) is 2. The van der Waals surface area contributed by atoms with Gasteiger partial charge >= 0.3 is 0 Å². The Morgan fingerprint density at radius 1 is 1.00 bits per heavy atom. The summed E-state index contributed by atoms with van der Waals surface area (Å²) >= 11 is 0. The first-order valence-corrected chi connectivity index (χ1v) is 5.48. The van der Waals surface area contributed by atoms with Crippen LogP contribution in [-0.4, -0.2) is 5.78 Å². The molecule has 0 saturated carbocycles. The van der Waals surface area contributed by atoms with Gasteiger partial charge in [-0.15, -0.1) is 0 Å². The van der Waals surface area contributed by atoms with Crippen molar-refractivity contribution in [3.63, 3.8) is 0 Å². The number of ketones is 1. The average Bonchev–Trinajstić information content (AvgIpc) is 2.14. The van der Waals surface area contributed by atoms with Crippen molar-refractivity contribution in [1.29, 1.82) is 0 Å². The molecule has 0 aromatic heterocycles. The lowest BCUT2D eigenvalue weighted by Crippen LogP contribution is -1.95. The number of hydrogen-bond donors (Lipinski definition) is 0. The van der Waals surface area contributed by atoms with Crippen molar-refractivity contribution in [2.75, 3.05) is 0 Å². The molecule has 13 heavy (non-hydrogen) atoms. The van der Waals surface area contributed by atoms with E-state index in [-0.39, 0.29) is 0 Å². The van der Waals surface area contributed by atoms with Crippen LogP contribution in [0.25, 0.3) is 0 Å². The summed E-state index contributed by atoms with van der Waals surface area (Å²) in [4.78, 5) is 11.2. The van der Waals surface area contributed by atoms with Crippen molar-refractivity contribution in [3.05, 3.63) is 12.2 Å². The molecule has 0 heterocycles. The molecule has 0 fully saturated rings. The minimum atomic E-state index is 0.419. The predicted molar refractivity (Wildman–Crippen MR) is 57.8 cm³/mol. The van der Waals surface area contributed by atoms with E-state index in [0.717, 1.165) is 38.5 Å². The van der Waals surface area contributed by atoms with Gasteiger partial charge < -0.3 is 0 Å². The van der Waals surface area contributed by atoms with Gasteiger partial charge in [0, 0.05) is 12.8 Å². The zero-order valence-corrected chi connectivity index (χ0v) is 9.01. The van der Waals surface area contributed by atoms with Crippen LogP contribution in [-0.2, 0) is 4.79 Å². The Hall–Kier alpha value is -0.590. The Kier molecular flexibility index (Phi) is 9.07. The molecule has 0 saturated heterocycles. The second-order valence-corrected chi connectivity index (χ2v) is 3.44. The summed E-state index contributed by atoms with van der Waals surface area (Å²) in [6.45, 7) is 4.28. The number of carbonyl (C=O) groups excluding carboxylic acids is 1. The van der Waals surface area contributed by atoms with Crippen LogP contribution in [0.2, 0.25) is 0 Å². The fraction of sp³-hybridized carbons (Fsp3) is 0.750. The van der Waals surface area contributed by atoms with Gasteiger partial charge in [0.1, 0.15) is 5.78 Å². The summed E-state index contributed by atoms with van der Waals surface area (Å²) in [6.07, 6.45) is 11.3. The molecule has 0 N–H and O–H groups in total. The third-order valence-electron chi connectivity index (χ3n) is 2.02. The summed E-state index contributed by atoms with van der Waals surface area (Å²) in [5, 5.41) is 0. The van der Waals surface area contributed by atoms with E-state index in [9.17, 15) is 4.79 Å². The highest BCUT2D eigenvalue weighted by molar-refractivity contribution is 5.78. The number of allylic oxidation sites excluding steroid dienone is 2. The van der Waals surface area contributed by atoms with E-state index in [1.54, 1.807) is 0 Å². The number of rotatable bonds is 8. The minimum Gasteiger partial charge on any atom is -0.300 e. The molecule has 0 aromatic carbocycles. The highest BCUT2D eigenvalue weighted by Crippen LogP contribution is 2.02. The van der Waals surface area contributed by atoms with Crippen molar-refractivity contribution in [2.24, 2.45) is 0 Å². The number of Topliss-reactive ketones (excluding diaryl/α,β-unsaturated/α-hetero) is 1. The molecule has 0 aliphatic carbocycles. The molecule has 0 aliphatic heterocycles. The fourth-order valence-corrected chi connectivity index (χ4v) is 1.15. The number of hydrogen-bond acceptors (Lipinski definition) is 1. The van der Waals surface area contributed by atoms with E-state index < -0.39 is 0 Å². The maximum atomic E-state index is 11.2. The molecule has 0 unspecified atom stereocenters. The molecule has 76 valence electrons. The average molecular weight is 182 g/mol. The molecule has 0 rings (SSSR count). The molecule has 0 bridgehead atoms. The van der Waals surface area contributed by atoms with Gasteiger partial charge in [-0.2, -0.15) is 0 Å². The summed E-state index contributed by atoms with van der Waals surface area (Å²) in [7, 11) is 0. The predicted octanol–water partition coefficient (Wildman–Crippen LogP) is 3.88. The van der Waals surface area contributed by atoms with Crippen molar-refractivity contribution >= 4 is 5.78 Å². The van der Waals surface area contributed by atoms with Crippen LogP contribution in [0, 0.1) is 0 Å². The first kappa shape index (κ1) is 12.4. The van der Waals surface area contributed by atoms with Gasteiger partial charge in [-0.3, -0.25) is 4.79 Å². The Balaban J connectivity index is 3.26. The topological polar surface area (TPSA) is 17.1 Å². The summed E-state index contributed by atoms with van der Waals surface area (Å²) in [5.74, 6) is 0.419. The molecule has 1 heteroatoms. The van der Waals surface area contributed by atoms with Crippen LogP contribution in [0.3, 0.4) is 0 Å². The molecule has 1 nitrogen and oxygen atoms in total. The van der Waals surface area contributed by atoms with E-state index in [1.165, 1.54) is 6.42 Å². The zero-order valence-electron chi connectivity index (χ0n) is 9.01. The van der Waals surface area contributed by atoms with Crippen LogP contribution < -0.4 is 0 Å². The second kappa shape index (κ2) is 9.50. The van der Waals surface area contributed by atoms with Crippen LogP contribution in [0.15, 0.2) is 12.2 Å². The molecule has 0 aliphatic rings. The highest BCUT2D eigenvalue weighted by Gasteiger charge is 1.97. The van der Waals surface area contributed by atoms with Crippen LogP contribution in [0.4, 0.5) is 0 Å². The van der Waals surface area contributed by atoms with E-state index in [1.807, 2.05) is 0 Å². The molecule has 0 spiro atoms. The standard InChI is InChI=1S/C12H22O/c1-3-5-7-8-9-11-12(13)10-6-4-2/h7-8H,3-6,9-11H2,1-2H3. The lowest BCUT2D eigenvalue weighted by Gasteiger charge is -1.95. The largest absolute Gasteiger partial charge is 0.300 e. The maximum absolute atomic E-state index is 11.2. The monoisotopic (exact) mass is 182 g/mol. The van der Waals surface area contributed by atoms with E-state index >= 15 is 0 Å². The van der Waals surface area contributed by atoms with E-state index in [0.29, 0.717) is 5.78 Å². The van der Waals surface area contributed by atoms with Crippen molar-refractivity contribution in [3.8, 4) is 0 Å². The lowest BCUT2D eigenvalue weighted by molar-refractivity contribution is -0.119. The molecule has 0 atom stereocenters. The van der Waals surface area contributed by atoms with Crippen LogP contribution in [0.5, 0.6) is 0 Å². The smallest absolute Gasteiger partial charge is 0.133 e. The quantitative estimate of drug-likeness (QED) is 0.521. The Labute approximate surface area is 82.2 Å². The Morgan fingerprint density at radius 2 is 1.69 bits per heavy atom. The Morgan fingerprint density at radius 3 is 2.31 bits per heavy atom. The summed E-state index contributed by atoms with van der Waals surface area (Å²) in [6, 6.07) is 0. The zero-order chi connectivity index (χ0) is 9.94. The highest BCUT2D eigenvalue weighted by atomic mass is 16.1. The van der Waals surface area contributed by atoms with Gasteiger partial charge in [0.2, 0.25) is 0 Å².